The lowest BCUT2D eigenvalue weighted by molar-refractivity contribution is -0.150. The molecule has 14 heteroatoms. The number of aliphatic carboxylic acids is 1. The number of nitrogens with zero attached hydrogens (tertiary/aromatic N) is 4. The Balaban J connectivity index is 1.32. The fourth-order valence-electron chi connectivity index (χ4n) is 4.67. The smallest absolute Gasteiger partial charge is 0.352 e. The van der Waals surface area contributed by atoms with Crippen molar-refractivity contribution in [3.63, 3.8) is 0 Å². The van der Waals surface area contributed by atoms with Crippen molar-refractivity contribution in [2.24, 2.45) is 13.0 Å². The summed E-state index contributed by atoms with van der Waals surface area (Å²) in [6, 6.07) is -0.862. The van der Waals surface area contributed by atoms with Crippen molar-refractivity contribution in [2.45, 2.75) is 42.8 Å². The first-order chi connectivity index (χ1) is 17.2. The van der Waals surface area contributed by atoms with Gasteiger partial charge in [-0.05, 0) is 43.3 Å². The summed E-state index contributed by atoms with van der Waals surface area (Å²) in [7, 11) is 1.61. The standard InChI is InChI=1S/C22H24N6O6S2/c1-9-17(30)25-22(27(2)26-9)36-8-13(29)24-15-19(32)28-16(21(33)34)12(7-35-20(15)28)14(10-3-4-10)11-5-6-23-18(11)31/h10,15,20H,3-8H2,1-2H3,(H,23,31)(H,24,29)(H,33,34)/t15-,20-/m1/s1. The van der Waals surface area contributed by atoms with Crippen molar-refractivity contribution < 1.29 is 24.3 Å². The summed E-state index contributed by atoms with van der Waals surface area (Å²) in [5.74, 6) is -1.96. The van der Waals surface area contributed by atoms with E-state index in [0.29, 0.717) is 29.9 Å². The van der Waals surface area contributed by atoms with E-state index in [2.05, 4.69) is 20.7 Å². The second-order valence-electron chi connectivity index (χ2n) is 8.96. The number of hydrogen-bond donors (Lipinski definition) is 3. The molecule has 1 aromatic heterocycles. The molecule has 5 rings (SSSR count). The van der Waals surface area contributed by atoms with Gasteiger partial charge < -0.3 is 15.7 Å². The highest BCUT2D eigenvalue weighted by molar-refractivity contribution is 8.00. The first-order valence-electron chi connectivity index (χ1n) is 11.4. The summed E-state index contributed by atoms with van der Waals surface area (Å²) in [6.07, 6.45) is 2.31. The topological polar surface area (TPSA) is 164 Å². The minimum atomic E-state index is -1.22. The molecule has 0 aromatic carbocycles. The van der Waals surface area contributed by atoms with Gasteiger partial charge in [-0.15, -0.1) is 11.8 Å². The van der Waals surface area contributed by atoms with Crippen LogP contribution in [-0.4, -0.2) is 77.9 Å². The molecule has 2 atom stereocenters. The third kappa shape index (κ3) is 4.32. The molecule has 4 aliphatic rings. The van der Waals surface area contributed by atoms with Gasteiger partial charge in [-0.1, -0.05) is 11.8 Å². The Kier molecular flexibility index (Phi) is 6.41. The normalized spacial score (nSPS) is 24.8. The third-order valence-corrected chi connectivity index (χ3v) is 8.77. The molecular weight excluding hydrogens is 508 g/mol. The summed E-state index contributed by atoms with van der Waals surface area (Å²) in [5.41, 5.74) is 1.60. The molecule has 3 fully saturated rings. The minimum Gasteiger partial charge on any atom is -0.477 e. The molecule has 190 valence electrons. The zero-order valence-corrected chi connectivity index (χ0v) is 21.2. The summed E-state index contributed by atoms with van der Waals surface area (Å²) in [6.45, 7) is 2.07. The number of rotatable bonds is 7. The number of carboxylic acid groups (broad SMARTS) is 1. The molecule has 12 nitrogen and oxygen atoms in total. The maximum absolute atomic E-state index is 13.0. The number of aromatic nitrogens is 3. The number of thioether (sulfide) groups is 2. The van der Waals surface area contributed by atoms with Gasteiger partial charge in [0, 0.05) is 24.9 Å². The Bertz CT molecular complexity index is 1320. The molecule has 3 N–H and O–H groups in total. The molecule has 2 saturated heterocycles. The van der Waals surface area contributed by atoms with Crippen LogP contribution in [0.1, 0.15) is 25.0 Å². The molecule has 0 bridgehead atoms. The first kappa shape index (κ1) is 24.6. The van der Waals surface area contributed by atoms with Crippen molar-refractivity contribution in [3.05, 3.63) is 38.5 Å². The highest BCUT2D eigenvalue weighted by Gasteiger charge is 2.55. The predicted octanol–water partition coefficient (Wildman–Crippen LogP) is -0.459. The monoisotopic (exact) mass is 532 g/mol. The Labute approximate surface area is 214 Å². The van der Waals surface area contributed by atoms with Crippen LogP contribution >= 0.6 is 23.5 Å². The fourth-order valence-corrected chi connectivity index (χ4v) is 6.76. The molecule has 1 saturated carbocycles. The lowest BCUT2D eigenvalue weighted by Crippen LogP contribution is -2.70. The van der Waals surface area contributed by atoms with Crippen molar-refractivity contribution in [2.75, 3.05) is 18.1 Å². The molecule has 36 heavy (non-hydrogen) atoms. The van der Waals surface area contributed by atoms with E-state index in [9.17, 15) is 29.1 Å². The molecule has 1 aromatic rings. The number of aryl methyl sites for hydroxylation is 2. The van der Waals surface area contributed by atoms with Crippen LogP contribution in [-0.2, 0) is 26.2 Å². The zero-order valence-electron chi connectivity index (χ0n) is 19.6. The van der Waals surface area contributed by atoms with Gasteiger partial charge in [0.2, 0.25) is 11.8 Å². The minimum absolute atomic E-state index is 0.0912. The largest absolute Gasteiger partial charge is 0.477 e. The van der Waals surface area contributed by atoms with Gasteiger partial charge in [0.1, 0.15) is 22.8 Å². The van der Waals surface area contributed by atoms with E-state index >= 15 is 0 Å². The quantitative estimate of drug-likeness (QED) is 0.238. The Hall–Kier alpha value is -3.13. The van der Waals surface area contributed by atoms with Crippen LogP contribution in [0, 0.1) is 12.8 Å². The highest BCUT2D eigenvalue weighted by Crippen LogP contribution is 2.49. The van der Waals surface area contributed by atoms with Gasteiger partial charge in [0.15, 0.2) is 5.16 Å². The summed E-state index contributed by atoms with van der Waals surface area (Å²) >= 11 is 2.40. The number of amides is 3. The maximum atomic E-state index is 13.0. The SMILES string of the molecule is Cc1nn(C)c(SCC(=O)N[C@@H]2C(=O)N3C(C(=O)O)=C(C(=C4CCNC4=O)C4CC4)CS[C@H]23)nc1=O. The zero-order chi connectivity index (χ0) is 25.7. The second kappa shape index (κ2) is 9.39. The molecule has 0 radical (unpaired) electrons. The number of hydrogen-bond acceptors (Lipinski definition) is 9. The Morgan fingerprint density at radius 1 is 1.28 bits per heavy atom. The predicted molar refractivity (Wildman–Crippen MR) is 130 cm³/mol. The number of allylic oxidation sites excluding steroid dienone is 1. The van der Waals surface area contributed by atoms with Crippen LogP contribution in [0.4, 0.5) is 0 Å². The lowest BCUT2D eigenvalue weighted by atomic mass is 9.91. The Morgan fingerprint density at radius 2 is 2.03 bits per heavy atom. The van der Waals surface area contributed by atoms with E-state index in [1.807, 2.05) is 0 Å². The average molecular weight is 533 g/mol. The number of nitrogens with one attached hydrogen (secondary N) is 2. The van der Waals surface area contributed by atoms with Crippen molar-refractivity contribution in [1.29, 1.82) is 0 Å². The van der Waals surface area contributed by atoms with Crippen LogP contribution in [0.5, 0.6) is 0 Å². The number of β-lactam (4-membered cyclic amide) rings is 1. The van der Waals surface area contributed by atoms with Crippen molar-refractivity contribution >= 4 is 47.2 Å². The van der Waals surface area contributed by atoms with Gasteiger partial charge in [-0.3, -0.25) is 24.1 Å². The van der Waals surface area contributed by atoms with Crippen molar-refractivity contribution in [1.82, 2.24) is 30.3 Å². The van der Waals surface area contributed by atoms with Gasteiger partial charge in [0.25, 0.3) is 11.5 Å². The molecular formula is C22H24N6O6S2. The van der Waals surface area contributed by atoms with Gasteiger partial charge in [0.05, 0.1) is 5.75 Å². The summed E-state index contributed by atoms with van der Waals surface area (Å²) in [4.78, 5) is 67.2. The molecule has 4 heterocycles. The molecule has 3 aliphatic heterocycles. The van der Waals surface area contributed by atoms with Crippen molar-refractivity contribution in [3.8, 4) is 0 Å². The van der Waals surface area contributed by atoms with Crippen LogP contribution in [0.25, 0.3) is 0 Å². The van der Waals surface area contributed by atoms with Gasteiger partial charge in [-0.2, -0.15) is 10.1 Å². The van der Waals surface area contributed by atoms with E-state index < -0.39 is 34.8 Å². The summed E-state index contributed by atoms with van der Waals surface area (Å²) < 4.78 is 1.41. The van der Waals surface area contributed by atoms with Crippen LogP contribution in [0.3, 0.4) is 0 Å². The first-order valence-corrected chi connectivity index (χ1v) is 13.5. The van der Waals surface area contributed by atoms with Gasteiger partial charge in [-0.25, -0.2) is 9.48 Å². The average Bonchev–Trinajstić information content (AvgIpc) is 3.59. The highest BCUT2D eigenvalue weighted by atomic mass is 32.2. The summed E-state index contributed by atoms with van der Waals surface area (Å²) in [5, 5.41) is 19.3. The number of fused-ring (bicyclic) bond motifs is 1. The maximum Gasteiger partial charge on any atom is 0.352 e. The molecule has 1 aliphatic carbocycles. The molecule has 3 amide bonds. The second-order valence-corrected chi connectivity index (χ2v) is 11.0. The van der Waals surface area contributed by atoms with E-state index in [4.69, 9.17) is 0 Å². The Morgan fingerprint density at radius 3 is 2.67 bits per heavy atom. The number of carbonyl (C=O) groups excluding carboxylic acids is 3. The third-order valence-electron chi connectivity index (χ3n) is 6.47. The van der Waals surface area contributed by atoms with E-state index in [1.165, 1.54) is 21.3 Å². The van der Waals surface area contributed by atoms with Crippen LogP contribution < -0.4 is 16.2 Å². The van der Waals surface area contributed by atoms with E-state index in [1.54, 1.807) is 14.0 Å². The van der Waals surface area contributed by atoms with Gasteiger partial charge >= 0.3 is 5.97 Å². The molecule has 0 spiro atoms. The lowest BCUT2D eigenvalue weighted by Gasteiger charge is -2.49. The van der Waals surface area contributed by atoms with Crippen LogP contribution in [0.2, 0.25) is 0 Å². The number of carboxylic acids is 1. The van der Waals surface area contributed by atoms with E-state index in [-0.39, 0.29) is 34.1 Å². The molecule has 0 unspecified atom stereocenters. The fraction of sp³-hybridized carbons (Fsp3) is 0.500. The number of carbonyl (C=O) groups is 4. The van der Waals surface area contributed by atoms with E-state index in [0.717, 1.165) is 30.2 Å². The van der Waals surface area contributed by atoms with Crippen LogP contribution in [0.15, 0.2) is 32.4 Å².